The van der Waals surface area contributed by atoms with Crippen LogP contribution < -0.4 is 5.46 Å². The molecule has 0 bridgehead atoms. The van der Waals surface area contributed by atoms with E-state index in [1.54, 1.807) is 12.1 Å². The zero-order valence-electron chi connectivity index (χ0n) is 10.4. The zero-order valence-corrected chi connectivity index (χ0v) is 11.1. The van der Waals surface area contributed by atoms with Gasteiger partial charge < -0.3 is 9.31 Å². The summed E-state index contributed by atoms with van der Waals surface area (Å²) in [5, 5.41) is 0.364. The lowest BCUT2D eigenvalue weighted by molar-refractivity contribution is 0.00578. The summed E-state index contributed by atoms with van der Waals surface area (Å²) in [6.07, 6.45) is 0. The fourth-order valence-corrected chi connectivity index (χ4v) is 1.82. The van der Waals surface area contributed by atoms with E-state index in [4.69, 9.17) is 20.9 Å². The molecule has 0 aromatic heterocycles. The summed E-state index contributed by atoms with van der Waals surface area (Å²) in [6.45, 7) is 7.73. The molecule has 0 atom stereocenters. The van der Waals surface area contributed by atoms with E-state index in [-0.39, 0.29) is 0 Å². The van der Waals surface area contributed by atoms with E-state index in [9.17, 15) is 4.39 Å². The molecule has 0 unspecified atom stereocenters. The Balaban J connectivity index is 2.32. The van der Waals surface area contributed by atoms with Gasteiger partial charge in [-0.1, -0.05) is 17.7 Å². The van der Waals surface area contributed by atoms with Crippen molar-refractivity contribution in [1.82, 2.24) is 0 Å². The third kappa shape index (κ3) is 2.22. The number of halogens is 2. The van der Waals surface area contributed by atoms with E-state index in [0.717, 1.165) is 0 Å². The normalized spacial score (nSPS) is 21.9. The second kappa shape index (κ2) is 3.97. The van der Waals surface area contributed by atoms with Crippen molar-refractivity contribution in [3.8, 4) is 0 Å². The van der Waals surface area contributed by atoms with Crippen LogP contribution in [0, 0.1) is 5.82 Å². The van der Waals surface area contributed by atoms with Crippen LogP contribution in [0.1, 0.15) is 27.7 Å². The molecule has 1 aromatic rings. The number of hydrogen-bond donors (Lipinski definition) is 0. The lowest BCUT2D eigenvalue weighted by atomic mass is 9.79. The molecule has 5 heteroatoms. The Kier molecular flexibility index (Phi) is 3.01. The predicted octanol–water partition coefficient (Wildman–Crippen LogP) is 2.78. The van der Waals surface area contributed by atoms with Gasteiger partial charge in [0.1, 0.15) is 5.82 Å². The molecule has 1 saturated heterocycles. The highest BCUT2D eigenvalue weighted by molar-refractivity contribution is 6.62. The van der Waals surface area contributed by atoms with Crippen LogP contribution in [0.3, 0.4) is 0 Å². The van der Waals surface area contributed by atoms with Gasteiger partial charge in [0.25, 0.3) is 0 Å². The molecule has 0 N–H and O–H groups in total. The first kappa shape index (κ1) is 12.9. The summed E-state index contributed by atoms with van der Waals surface area (Å²) in [5.74, 6) is -0.406. The maximum Gasteiger partial charge on any atom is 0.497 e. The zero-order chi connectivity index (χ0) is 12.8. The molecule has 1 aliphatic heterocycles. The van der Waals surface area contributed by atoms with Gasteiger partial charge in [-0.25, -0.2) is 4.39 Å². The smallest absolute Gasteiger partial charge is 0.399 e. The van der Waals surface area contributed by atoms with Gasteiger partial charge in [-0.15, -0.1) is 0 Å². The minimum Gasteiger partial charge on any atom is -0.399 e. The number of rotatable bonds is 1. The Morgan fingerprint density at radius 2 is 1.65 bits per heavy atom. The second-order valence-electron chi connectivity index (χ2n) is 5.25. The molecule has 0 spiro atoms. The van der Waals surface area contributed by atoms with E-state index in [2.05, 4.69) is 0 Å². The Morgan fingerprint density at radius 3 is 2.12 bits per heavy atom. The maximum absolute atomic E-state index is 13.8. The van der Waals surface area contributed by atoms with Crippen molar-refractivity contribution in [3.05, 3.63) is 29.0 Å². The van der Waals surface area contributed by atoms with E-state index in [1.165, 1.54) is 6.07 Å². The van der Waals surface area contributed by atoms with Gasteiger partial charge in [0.15, 0.2) is 0 Å². The van der Waals surface area contributed by atoms with Gasteiger partial charge in [-0.3, -0.25) is 0 Å². The van der Waals surface area contributed by atoms with Crippen LogP contribution in [0.5, 0.6) is 0 Å². The molecule has 17 heavy (non-hydrogen) atoms. The lowest BCUT2D eigenvalue weighted by Gasteiger charge is -2.32. The fourth-order valence-electron chi connectivity index (χ4n) is 1.66. The molecule has 1 aliphatic rings. The summed E-state index contributed by atoms with van der Waals surface area (Å²) in [6, 6.07) is 4.49. The Hall–Kier alpha value is -0.575. The van der Waals surface area contributed by atoms with Crippen molar-refractivity contribution in [2.45, 2.75) is 38.9 Å². The van der Waals surface area contributed by atoms with Gasteiger partial charge in [0.2, 0.25) is 0 Å². The molecule has 1 fully saturated rings. The van der Waals surface area contributed by atoms with Gasteiger partial charge in [0.05, 0.1) is 11.2 Å². The number of hydrogen-bond acceptors (Lipinski definition) is 2. The molecule has 2 rings (SSSR count). The summed E-state index contributed by atoms with van der Waals surface area (Å²) < 4.78 is 25.3. The topological polar surface area (TPSA) is 18.5 Å². The molecule has 1 heterocycles. The van der Waals surface area contributed by atoms with Crippen LogP contribution in [-0.4, -0.2) is 18.3 Å². The van der Waals surface area contributed by atoms with Crippen LogP contribution in [0.15, 0.2) is 18.2 Å². The van der Waals surface area contributed by atoms with Crippen LogP contribution in [0.4, 0.5) is 4.39 Å². The van der Waals surface area contributed by atoms with Crippen molar-refractivity contribution >= 4 is 24.2 Å². The van der Waals surface area contributed by atoms with Gasteiger partial charge in [-0.2, -0.15) is 0 Å². The molecule has 2 nitrogen and oxygen atoms in total. The molecule has 0 saturated carbocycles. The number of benzene rings is 1. The first-order chi connectivity index (χ1) is 7.73. The van der Waals surface area contributed by atoms with Crippen molar-refractivity contribution in [1.29, 1.82) is 0 Å². The molecular weight excluding hydrogens is 241 g/mol. The van der Waals surface area contributed by atoms with Crippen LogP contribution in [0.25, 0.3) is 0 Å². The Morgan fingerprint density at radius 1 is 1.12 bits per heavy atom. The largest absolute Gasteiger partial charge is 0.497 e. The van der Waals surface area contributed by atoms with Crippen molar-refractivity contribution < 1.29 is 13.7 Å². The van der Waals surface area contributed by atoms with E-state index in [0.29, 0.717) is 10.5 Å². The minimum absolute atomic E-state index is 0.364. The monoisotopic (exact) mass is 256 g/mol. The lowest BCUT2D eigenvalue weighted by Crippen LogP contribution is -2.41. The average molecular weight is 257 g/mol. The maximum atomic E-state index is 13.8. The highest BCUT2D eigenvalue weighted by atomic mass is 35.5. The van der Waals surface area contributed by atoms with Crippen molar-refractivity contribution in [2.24, 2.45) is 0 Å². The predicted molar refractivity (Wildman–Crippen MR) is 67.1 cm³/mol. The highest BCUT2D eigenvalue weighted by Gasteiger charge is 2.52. The third-order valence-corrected chi connectivity index (χ3v) is 3.70. The third-order valence-electron chi connectivity index (χ3n) is 3.47. The fraction of sp³-hybridized carbons (Fsp3) is 0.500. The van der Waals surface area contributed by atoms with E-state index in [1.807, 2.05) is 27.7 Å². The van der Waals surface area contributed by atoms with Crippen LogP contribution in [0.2, 0.25) is 5.02 Å². The molecule has 0 amide bonds. The molecule has 0 aliphatic carbocycles. The van der Waals surface area contributed by atoms with Gasteiger partial charge >= 0.3 is 7.12 Å². The summed E-state index contributed by atoms with van der Waals surface area (Å²) in [5.41, 5.74) is -0.555. The quantitative estimate of drug-likeness (QED) is 0.719. The van der Waals surface area contributed by atoms with Crippen LogP contribution in [-0.2, 0) is 9.31 Å². The highest BCUT2D eigenvalue weighted by Crippen LogP contribution is 2.36. The molecule has 0 radical (unpaired) electrons. The summed E-state index contributed by atoms with van der Waals surface area (Å²) in [4.78, 5) is 0. The second-order valence-corrected chi connectivity index (χ2v) is 5.69. The van der Waals surface area contributed by atoms with Gasteiger partial charge in [-0.05, 0) is 39.8 Å². The Labute approximate surface area is 106 Å². The first-order valence-electron chi connectivity index (χ1n) is 5.53. The van der Waals surface area contributed by atoms with E-state index < -0.39 is 24.1 Å². The van der Waals surface area contributed by atoms with Crippen molar-refractivity contribution in [2.75, 3.05) is 0 Å². The van der Waals surface area contributed by atoms with Crippen molar-refractivity contribution in [3.63, 3.8) is 0 Å². The SMILES string of the molecule is CC1(C)OB(c2ccc(Cl)cc2F)OC1(C)C. The standard InChI is InChI=1S/C12H15BClFO2/c1-11(2)12(3,4)17-13(16-11)9-6-5-8(14)7-10(9)15/h5-7H,1-4H3. The molecule has 92 valence electrons. The minimum atomic E-state index is -0.683. The average Bonchev–Trinajstić information content (AvgIpc) is 2.35. The Bertz CT molecular complexity index is 432. The molecule has 1 aromatic carbocycles. The first-order valence-corrected chi connectivity index (χ1v) is 5.91. The van der Waals surface area contributed by atoms with Crippen LogP contribution >= 0.6 is 11.6 Å². The summed E-state index contributed by atoms with van der Waals surface area (Å²) >= 11 is 5.71. The van der Waals surface area contributed by atoms with E-state index >= 15 is 0 Å². The molecular formula is C12H15BClFO2. The summed E-state index contributed by atoms with van der Waals surface area (Å²) in [7, 11) is -0.683. The van der Waals surface area contributed by atoms with Gasteiger partial charge in [0, 0.05) is 10.5 Å².